The highest BCUT2D eigenvalue weighted by Gasteiger charge is 2.13. The van der Waals surface area contributed by atoms with Gasteiger partial charge in [0.2, 0.25) is 0 Å². The fourth-order valence-corrected chi connectivity index (χ4v) is 2.06. The van der Waals surface area contributed by atoms with Gasteiger partial charge in [0.15, 0.2) is 0 Å². The quantitative estimate of drug-likeness (QED) is 0.783. The molecule has 2 rings (SSSR count). The zero-order chi connectivity index (χ0) is 12.3. The Labute approximate surface area is 98.9 Å². The molecule has 0 atom stereocenters. The maximum atomic E-state index is 11.2. The van der Waals surface area contributed by atoms with E-state index in [0.29, 0.717) is 0 Å². The number of nitroso groups, excluding NO2 is 1. The average Bonchev–Trinajstić information content (AvgIpc) is 2.40. The van der Waals surface area contributed by atoms with E-state index in [1.165, 1.54) is 12.1 Å². The molecule has 0 fully saturated rings. The van der Waals surface area contributed by atoms with Crippen molar-refractivity contribution in [1.82, 2.24) is 0 Å². The van der Waals surface area contributed by atoms with Crippen molar-refractivity contribution in [2.45, 2.75) is 4.90 Å². The molecule has 0 saturated heterocycles. The van der Waals surface area contributed by atoms with E-state index in [-0.39, 0.29) is 4.90 Å². The predicted molar refractivity (Wildman–Crippen MR) is 64.9 cm³/mol. The van der Waals surface area contributed by atoms with Crippen molar-refractivity contribution in [1.29, 1.82) is 0 Å². The zero-order valence-electron chi connectivity index (χ0n) is 8.78. The highest BCUT2D eigenvalue weighted by molar-refractivity contribution is 7.90. The van der Waals surface area contributed by atoms with Crippen molar-refractivity contribution in [3.63, 3.8) is 0 Å². The normalized spacial score (nSPS) is 11.1. The molecule has 0 aliphatic carbocycles. The Bertz CT molecular complexity index is 619. The fourth-order valence-electron chi connectivity index (χ4n) is 1.49. The van der Waals surface area contributed by atoms with Crippen molar-refractivity contribution in [3.8, 4) is 11.1 Å². The highest BCUT2D eigenvalue weighted by atomic mass is 32.2. The number of hydrogen-bond donors (Lipinski definition) is 0. The van der Waals surface area contributed by atoms with Gasteiger partial charge in [-0.3, -0.25) is 0 Å². The average molecular weight is 247 g/mol. The summed E-state index contributed by atoms with van der Waals surface area (Å²) < 4.78 is 24.5. The molecule has 0 aliphatic rings. The lowest BCUT2D eigenvalue weighted by molar-refractivity contribution is 0.597. The molecule has 17 heavy (non-hydrogen) atoms. The molecule has 5 heteroatoms. The van der Waals surface area contributed by atoms with Crippen LogP contribution in [-0.4, -0.2) is 8.42 Å². The van der Waals surface area contributed by atoms with Gasteiger partial charge in [-0.15, -0.1) is 4.91 Å². The summed E-state index contributed by atoms with van der Waals surface area (Å²) >= 11 is 0. The summed E-state index contributed by atoms with van der Waals surface area (Å²) in [6, 6.07) is 15.6. The molecule has 0 unspecified atom stereocenters. The minimum Gasteiger partial charge on any atom is -0.196 e. The van der Waals surface area contributed by atoms with Crippen LogP contribution in [0.15, 0.2) is 64.1 Å². The van der Waals surface area contributed by atoms with E-state index in [2.05, 4.69) is 4.58 Å². The van der Waals surface area contributed by atoms with E-state index >= 15 is 0 Å². The molecule has 4 nitrogen and oxygen atoms in total. The Morgan fingerprint density at radius 3 is 1.82 bits per heavy atom. The van der Waals surface area contributed by atoms with Crippen LogP contribution in [0.1, 0.15) is 0 Å². The summed E-state index contributed by atoms with van der Waals surface area (Å²) in [5.41, 5.74) is 1.87. The molecule has 2 aromatic carbocycles. The molecule has 0 aliphatic heterocycles. The SMILES string of the molecule is O=NS(=O)(=O)c1ccc(-c2ccccc2)cc1. The van der Waals surface area contributed by atoms with E-state index in [1.54, 1.807) is 12.1 Å². The second-order valence-electron chi connectivity index (χ2n) is 3.44. The maximum Gasteiger partial charge on any atom is 0.316 e. The van der Waals surface area contributed by atoms with Gasteiger partial charge in [0.05, 0.1) is 9.48 Å². The first-order valence-corrected chi connectivity index (χ1v) is 6.32. The lowest BCUT2D eigenvalue weighted by atomic mass is 10.1. The number of sulfonamides is 1. The van der Waals surface area contributed by atoms with Crippen LogP contribution >= 0.6 is 0 Å². The van der Waals surface area contributed by atoms with Gasteiger partial charge in [0, 0.05) is 0 Å². The molecular weight excluding hydrogens is 238 g/mol. The van der Waals surface area contributed by atoms with Crippen LogP contribution < -0.4 is 0 Å². The molecule has 0 N–H and O–H groups in total. The zero-order valence-corrected chi connectivity index (χ0v) is 9.59. The van der Waals surface area contributed by atoms with Crippen molar-refractivity contribution in [3.05, 3.63) is 59.5 Å². The minimum absolute atomic E-state index is 0.0906. The topological polar surface area (TPSA) is 63.6 Å². The van der Waals surface area contributed by atoms with Gasteiger partial charge in [-0.1, -0.05) is 42.5 Å². The molecule has 0 heterocycles. The van der Waals surface area contributed by atoms with Crippen molar-refractivity contribution in [2.24, 2.45) is 4.58 Å². The van der Waals surface area contributed by atoms with Gasteiger partial charge in [0.25, 0.3) is 0 Å². The first kappa shape index (κ1) is 11.5. The van der Waals surface area contributed by atoms with Crippen LogP contribution in [0.5, 0.6) is 0 Å². The summed E-state index contributed by atoms with van der Waals surface area (Å²) in [4.78, 5) is 10.1. The maximum absolute atomic E-state index is 11.2. The minimum atomic E-state index is -4.03. The summed E-state index contributed by atoms with van der Waals surface area (Å²) in [6.07, 6.45) is 0. The van der Waals surface area contributed by atoms with Crippen molar-refractivity contribution >= 4 is 10.0 Å². The highest BCUT2D eigenvalue weighted by Crippen LogP contribution is 2.21. The number of hydrogen-bond acceptors (Lipinski definition) is 3. The van der Waals surface area contributed by atoms with Crippen LogP contribution in [0.2, 0.25) is 0 Å². The van der Waals surface area contributed by atoms with Gasteiger partial charge in [0.1, 0.15) is 0 Å². The Morgan fingerprint density at radius 2 is 1.29 bits per heavy atom. The number of rotatable bonds is 3. The standard InChI is InChI=1S/C12H9NO3S/c14-13-17(15,16)12-8-6-11(7-9-12)10-4-2-1-3-5-10/h1-9H. The molecule has 0 aromatic heterocycles. The second kappa shape index (κ2) is 4.47. The van der Waals surface area contributed by atoms with E-state index < -0.39 is 10.0 Å². The van der Waals surface area contributed by atoms with Crippen LogP contribution in [0.3, 0.4) is 0 Å². The summed E-state index contributed by atoms with van der Waals surface area (Å²) in [5.74, 6) is 0. The smallest absolute Gasteiger partial charge is 0.196 e. The molecule has 0 radical (unpaired) electrons. The first-order chi connectivity index (χ1) is 8.13. The summed E-state index contributed by atoms with van der Waals surface area (Å²) in [7, 11) is -4.03. The Balaban J connectivity index is 2.41. The molecule has 0 saturated carbocycles. The fraction of sp³-hybridized carbons (Fsp3) is 0. The van der Waals surface area contributed by atoms with Crippen LogP contribution in [0, 0.1) is 4.91 Å². The third-order valence-electron chi connectivity index (χ3n) is 2.36. The van der Waals surface area contributed by atoms with Crippen molar-refractivity contribution < 1.29 is 8.42 Å². The van der Waals surface area contributed by atoms with Crippen LogP contribution in [0.4, 0.5) is 0 Å². The van der Waals surface area contributed by atoms with Gasteiger partial charge in [-0.25, -0.2) is 0 Å². The van der Waals surface area contributed by atoms with Gasteiger partial charge in [-0.2, -0.15) is 8.42 Å². The molecule has 0 amide bonds. The van der Waals surface area contributed by atoms with Crippen LogP contribution in [-0.2, 0) is 10.0 Å². The van der Waals surface area contributed by atoms with Gasteiger partial charge in [-0.05, 0) is 23.3 Å². The molecule has 0 bridgehead atoms. The second-order valence-corrected chi connectivity index (χ2v) is 5.01. The summed E-state index contributed by atoms with van der Waals surface area (Å²) in [5, 5.41) is 0. The van der Waals surface area contributed by atoms with Crippen molar-refractivity contribution in [2.75, 3.05) is 0 Å². The van der Waals surface area contributed by atoms with E-state index in [1.807, 2.05) is 30.3 Å². The van der Waals surface area contributed by atoms with Gasteiger partial charge < -0.3 is 0 Å². The molecule has 86 valence electrons. The number of nitrogens with zero attached hydrogens (tertiary/aromatic N) is 1. The predicted octanol–water partition coefficient (Wildman–Crippen LogP) is 2.81. The molecule has 0 spiro atoms. The third-order valence-corrected chi connectivity index (χ3v) is 3.42. The third kappa shape index (κ3) is 2.39. The molecule has 2 aromatic rings. The summed E-state index contributed by atoms with van der Waals surface area (Å²) in [6.45, 7) is 0. The van der Waals surface area contributed by atoms with Gasteiger partial charge >= 0.3 is 10.0 Å². The largest absolute Gasteiger partial charge is 0.316 e. The lowest BCUT2D eigenvalue weighted by Crippen LogP contribution is -1.94. The van der Waals surface area contributed by atoms with E-state index in [4.69, 9.17) is 0 Å². The van der Waals surface area contributed by atoms with E-state index in [0.717, 1.165) is 11.1 Å². The monoisotopic (exact) mass is 247 g/mol. The Kier molecular flexibility index (Phi) is 3.01. The van der Waals surface area contributed by atoms with E-state index in [9.17, 15) is 13.3 Å². The number of benzene rings is 2. The first-order valence-electron chi connectivity index (χ1n) is 4.88. The Morgan fingerprint density at radius 1 is 0.765 bits per heavy atom. The Hall–Kier alpha value is -2.01. The lowest BCUT2D eigenvalue weighted by Gasteiger charge is -2.01. The van der Waals surface area contributed by atoms with Crippen LogP contribution in [0.25, 0.3) is 11.1 Å². The molecular formula is C12H9NO3S.